The van der Waals surface area contributed by atoms with Crippen molar-refractivity contribution in [1.29, 1.82) is 0 Å². The first kappa shape index (κ1) is 12.9. The molecule has 0 aliphatic rings. The van der Waals surface area contributed by atoms with Crippen LogP contribution < -0.4 is 0 Å². The molecule has 0 bridgehead atoms. The summed E-state index contributed by atoms with van der Waals surface area (Å²) in [6, 6.07) is 14.5. The second-order valence-corrected chi connectivity index (χ2v) is 5.23. The monoisotopic (exact) mass is 328 g/mol. The Balaban J connectivity index is 1.93. The predicted octanol–water partition coefficient (Wildman–Crippen LogP) is 4.89. The minimum Gasteiger partial charge on any atom is -0.256 e. The Morgan fingerprint density at radius 1 is 1.10 bits per heavy atom. The largest absolute Gasteiger partial charge is 0.256 e. The summed E-state index contributed by atoms with van der Waals surface area (Å²) in [6.45, 7) is 0. The summed E-state index contributed by atoms with van der Waals surface area (Å²) >= 11 is 3.22. The molecule has 0 saturated heterocycles. The molecule has 3 aromatic rings. The van der Waals surface area contributed by atoms with Gasteiger partial charge in [-0.05, 0) is 42.0 Å². The number of hydrogen-bond acceptors (Lipinski definition) is 2. The van der Waals surface area contributed by atoms with Gasteiger partial charge in [-0.3, -0.25) is 9.98 Å². The lowest BCUT2D eigenvalue weighted by Crippen LogP contribution is -1.84. The number of hydrogen-bond donors (Lipinski definition) is 0. The van der Waals surface area contributed by atoms with Crippen LogP contribution >= 0.6 is 15.9 Å². The molecule has 0 atom stereocenters. The minimum atomic E-state index is -0.349. The molecule has 0 fully saturated rings. The van der Waals surface area contributed by atoms with Gasteiger partial charge in [0.25, 0.3) is 0 Å². The fraction of sp³-hybridized carbons (Fsp3) is 0. The summed E-state index contributed by atoms with van der Waals surface area (Å²) in [6.07, 6.45) is 3.41. The molecule has 20 heavy (non-hydrogen) atoms. The van der Waals surface area contributed by atoms with Crippen molar-refractivity contribution in [3.63, 3.8) is 0 Å². The van der Waals surface area contributed by atoms with Crippen LogP contribution in [0.3, 0.4) is 0 Å². The Morgan fingerprint density at radius 3 is 2.85 bits per heavy atom. The molecule has 0 N–H and O–H groups in total. The molecule has 4 heteroatoms. The van der Waals surface area contributed by atoms with Gasteiger partial charge >= 0.3 is 0 Å². The van der Waals surface area contributed by atoms with Gasteiger partial charge in [-0.2, -0.15) is 0 Å². The summed E-state index contributed by atoms with van der Waals surface area (Å²) in [5, 5.41) is 1.03. The van der Waals surface area contributed by atoms with E-state index in [4.69, 9.17) is 0 Å². The molecule has 0 radical (unpaired) electrons. The van der Waals surface area contributed by atoms with Gasteiger partial charge in [-0.15, -0.1) is 0 Å². The van der Waals surface area contributed by atoms with Crippen molar-refractivity contribution in [1.82, 2.24) is 4.98 Å². The number of nitrogens with zero attached hydrogens (tertiary/aromatic N) is 2. The number of rotatable bonds is 2. The predicted molar refractivity (Wildman–Crippen MR) is 83.1 cm³/mol. The Labute approximate surface area is 124 Å². The van der Waals surface area contributed by atoms with Gasteiger partial charge in [0.2, 0.25) is 0 Å². The van der Waals surface area contributed by atoms with Gasteiger partial charge in [-0.1, -0.05) is 28.1 Å². The average Bonchev–Trinajstić information content (AvgIpc) is 2.46. The Bertz CT molecular complexity index is 799. The third kappa shape index (κ3) is 2.75. The maximum Gasteiger partial charge on any atom is 0.149 e. The van der Waals surface area contributed by atoms with Crippen molar-refractivity contribution in [2.45, 2.75) is 0 Å². The summed E-state index contributed by atoms with van der Waals surface area (Å²) < 4.78 is 14.4. The van der Waals surface area contributed by atoms with E-state index in [1.807, 2.05) is 30.3 Å². The molecular formula is C16H10BrFN2. The van der Waals surface area contributed by atoms with Crippen molar-refractivity contribution in [3.8, 4) is 0 Å². The highest BCUT2D eigenvalue weighted by Crippen LogP contribution is 2.22. The summed E-state index contributed by atoms with van der Waals surface area (Å²) in [5.41, 5.74) is 2.16. The molecule has 0 amide bonds. The van der Waals surface area contributed by atoms with Gasteiger partial charge in [0, 0.05) is 22.3 Å². The lowest BCUT2D eigenvalue weighted by Gasteiger charge is -1.99. The Kier molecular flexibility index (Phi) is 3.56. The zero-order chi connectivity index (χ0) is 13.9. The van der Waals surface area contributed by atoms with E-state index in [0.29, 0.717) is 10.2 Å². The lowest BCUT2D eigenvalue weighted by atomic mass is 10.1. The van der Waals surface area contributed by atoms with Gasteiger partial charge in [-0.25, -0.2) is 4.39 Å². The van der Waals surface area contributed by atoms with Gasteiger partial charge < -0.3 is 0 Å². The topological polar surface area (TPSA) is 25.2 Å². The quantitative estimate of drug-likeness (QED) is 0.615. The highest BCUT2D eigenvalue weighted by Gasteiger charge is 2.00. The fourth-order valence-electron chi connectivity index (χ4n) is 1.90. The molecule has 2 nitrogen and oxygen atoms in total. The minimum absolute atomic E-state index is 0.319. The van der Waals surface area contributed by atoms with Crippen molar-refractivity contribution in [2.24, 2.45) is 4.99 Å². The van der Waals surface area contributed by atoms with E-state index >= 15 is 0 Å². The van der Waals surface area contributed by atoms with Gasteiger partial charge in [0.1, 0.15) is 5.82 Å². The van der Waals surface area contributed by atoms with Crippen LogP contribution in [0.25, 0.3) is 10.9 Å². The van der Waals surface area contributed by atoms with Crippen LogP contribution in [0.4, 0.5) is 10.1 Å². The first-order valence-corrected chi connectivity index (χ1v) is 6.85. The molecule has 98 valence electrons. The number of pyridine rings is 1. The standard InChI is InChI=1S/C16H10BrFN2/c17-13-4-6-16(14(18)9-13)20-10-11-3-5-15-12(8-11)2-1-7-19-15/h1-10H. The van der Waals surface area contributed by atoms with E-state index in [2.05, 4.69) is 25.9 Å². The first-order chi connectivity index (χ1) is 9.72. The third-order valence-electron chi connectivity index (χ3n) is 2.89. The summed E-state index contributed by atoms with van der Waals surface area (Å²) in [7, 11) is 0. The number of halogens is 2. The number of benzene rings is 2. The zero-order valence-corrected chi connectivity index (χ0v) is 12.0. The number of aliphatic imine (C=N–C) groups is 1. The van der Waals surface area contributed by atoms with Crippen molar-refractivity contribution in [3.05, 3.63) is 70.6 Å². The third-order valence-corrected chi connectivity index (χ3v) is 3.38. The van der Waals surface area contributed by atoms with E-state index in [1.165, 1.54) is 6.07 Å². The van der Waals surface area contributed by atoms with E-state index in [-0.39, 0.29) is 5.82 Å². The molecule has 0 aliphatic heterocycles. The Hall–Kier alpha value is -2.07. The van der Waals surface area contributed by atoms with Crippen molar-refractivity contribution in [2.75, 3.05) is 0 Å². The average molecular weight is 329 g/mol. The summed E-state index contributed by atoms with van der Waals surface area (Å²) in [4.78, 5) is 8.44. The molecular weight excluding hydrogens is 319 g/mol. The molecule has 0 saturated carbocycles. The molecule has 1 aromatic heterocycles. The normalized spacial score (nSPS) is 11.3. The van der Waals surface area contributed by atoms with Crippen molar-refractivity contribution >= 4 is 38.7 Å². The molecule has 0 spiro atoms. The van der Waals surface area contributed by atoms with Crippen LogP contribution in [0, 0.1) is 5.82 Å². The van der Waals surface area contributed by atoms with Crippen LogP contribution in [-0.4, -0.2) is 11.2 Å². The van der Waals surface area contributed by atoms with Crippen LogP contribution in [-0.2, 0) is 0 Å². The lowest BCUT2D eigenvalue weighted by molar-refractivity contribution is 0.629. The van der Waals surface area contributed by atoms with Gasteiger partial charge in [0.05, 0.1) is 11.2 Å². The summed E-state index contributed by atoms with van der Waals surface area (Å²) in [5.74, 6) is -0.349. The van der Waals surface area contributed by atoms with Crippen LogP contribution in [0.15, 0.2) is 64.2 Å². The molecule has 3 rings (SSSR count). The first-order valence-electron chi connectivity index (χ1n) is 6.06. The second kappa shape index (κ2) is 5.51. The molecule has 1 heterocycles. The highest BCUT2D eigenvalue weighted by atomic mass is 79.9. The maximum absolute atomic E-state index is 13.7. The molecule has 0 unspecified atom stereocenters. The van der Waals surface area contributed by atoms with Crippen LogP contribution in [0.5, 0.6) is 0 Å². The maximum atomic E-state index is 13.7. The smallest absolute Gasteiger partial charge is 0.149 e. The van der Waals surface area contributed by atoms with Gasteiger partial charge in [0.15, 0.2) is 0 Å². The van der Waals surface area contributed by atoms with E-state index < -0.39 is 0 Å². The van der Waals surface area contributed by atoms with Crippen molar-refractivity contribution < 1.29 is 4.39 Å². The van der Waals surface area contributed by atoms with Crippen LogP contribution in [0.1, 0.15) is 5.56 Å². The second-order valence-electron chi connectivity index (χ2n) is 4.31. The molecule has 2 aromatic carbocycles. The zero-order valence-electron chi connectivity index (χ0n) is 10.4. The van der Waals surface area contributed by atoms with Crippen LogP contribution in [0.2, 0.25) is 0 Å². The SMILES string of the molecule is Fc1cc(Br)ccc1N=Cc1ccc2ncccc2c1. The van der Waals surface area contributed by atoms with E-state index in [0.717, 1.165) is 16.5 Å². The van der Waals surface area contributed by atoms with E-state index in [9.17, 15) is 4.39 Å². The van der Waals surface area contributed by atoms with E-state index in [1.54, 1.807) is 24.5 Å². The fourth-order valence-corrected chi connectivity index (χ4v) is 2.24. The number of aromatic nitrogens is 1. The highest BCUT2D eigenvalue weighted by molar-refractivity contribution is 9.10. The number of fused-ring (bicyclic) bond motifs is 1. The molecule has 0 aliphatic carbocycles. The Morgan fingerprint density at radius 2 is 2.00 bits per heavy atom.